The standard InChI is InChI=1S/C20H26N4O2/c1-23-10-11-24(14-20(23)7-6-18(25)21-9-8-20)19(26)12-15-13-22-17-5-3-2-4-16(15)17/h2-5,13,22H,6-12,14H2,1H3,(H,21,25). The zero-order valence-electron chi connectivity index (χ0n) is 15.3. The SMILES string of the molecule is CN1CCN(C(=O)Cc2c[nH]c3ccccc23)CC12CCNC(=O)CC2. The van der Waals surface area contributed by atoms with Crippen LogP contribution in [-0.4, -0.2) is 65.4 Å². The molecule has 0 radical (unpaired) electrons. The molecule has 6 nitrogen and oxygen atoms in total. The Morgan fingerprint density at radius 2 is 2.08 bits per heavy atom. The van der Waals surface area contributed by atoms with Gasteiger partial charge in [0.25, 0.3) is 0 Å². The van der Waals surface area contributed by atoms with Gasteiger partial charge < -0.3 is 15.2 Å². The molecule has 3 heterocycles. The fraction of sp³-hybridized carbons (Fsp3) is 0.500. The number of fused-ring (bicyclic) bond motifs is 1. The third-order valence-electron chi connectivity index (χ3n) is 6.10. The lowest BCUT2D eigenvalue weighted by molar-refractivity contribution is -0.136. The van der Waals surface area contributed by atoms with E-state index < -0.39 is 0 Å². The Kier molecular flexibility index (Phi) is 4.44. The number of carbonyl (C=O) groups is 2. The molecular weight excluding hydrogens is 328 g/mol. The zero-order valence-corrected chi connectivity index (χ0v) is 15.3. The fourth-order valence-corrected chi connectivity index (χ4v) is 4.36. The van der Waals surface area contributed by atoms with Crippen molar-refractivity contribution in [1.29, 1.82) is 0 Å². The predicted molar refractivity (Wildman–Crippen MR) is 101 cm³/mol. The minimum atomic E-state index is -0.0900. The summed E-state index contributed by atoms with van der Waals surface area (Å²) < 4.78 is 0. The number of hydrogen-bond donors (Lipinski definition) is 2. The van der Waals surface area contributed by atoms with Crippen molar-refractivity contribution in [2.75, 3.05) is 33.2 Å². The third kappa shape index (κ3) is 3.09. The van der Waals surface area contributed by atoms with Crippen molar-refractivity contribution in [3.05, 3.63) is 36.0 Å². The first-order valence-corrected chi connectivity index (χ1v) is 9.38. The minimum absolute atomic E-state index is 0.0900. The normalized spacial score (nSPS) is 24.7. The second-order valence-electron chi connectivity index (χ2n) is 7.60. The summed E-state index contributed by atoms with van der Waals surface area (Å²) in [5, 5.41) is 4.08. The first-order chi connectivity index (χ1) is 12.6. The Bertz CT molecular complexity index is 830. The van der Waals surface area contributed by atoms with Gasteiger partial charge in [0, 0.05) is 55.2 Å². The largest absolute Gasteiger partial charge is 0.361 e. The monoisotopic (exact) mass is 354 g/mol. The minimum Gasteiger partial charge on any atom is -0.361 e. The molecule has 1 aromatic carbocycles. The van der Waals surface area contributed by atoms with E-state index in [-0.39, 0.29) is 17.4 Å². The molecule has 2 amide bonds. The van der Waals surface area contributed by atoms with Crippen molar-refractivity contribution in [2.24, 2.45) is 0 Å². The molecule has 2 aliphatic heterocycles. The van der Waals surface area contributed by atoms with Gasteiger partial charge in [-0.25, -0.2) is 0 Å². The van der Waals surface area contributed by atoms with E-state index in [4.69, 9.17) is 0 Å². The highest BCUT2D eigenvalue weighted by Gasteiger charge is 2.42. The Balaban J connectivity index is 1.50. The molecule has 0 bridgehead atoms. The lowest BCUT2D eigenvalue weighted by Crippen LogP contribution is -2.62. The molecule has 2 aliphatic rings. The molecule has 138 valence electrons. The predicted octanol–water partition coefficient (Wildman–Crippen LogP) is 1.52. The van der Waals surface area contributed by atoms with Crippen LogP contribution in [0.15, 0.2) is 30.5 Å². The summed E-state index contributed by atoms with van der Waals surface area (Å²) in [6.45, 7) is 3.00. The first-order valence-electron chi connectivity index (χ1n) is 9.38. The van der Waals surface area contributed by atoms with E-state index in [1.165, 1.54) is 0 Å². The van der Waals surface area contributed by atoms with Crippen LogP contribution in [0.5, 0.6) is 0 Å². The van der Waals surface area contributed by atoms with Gasteiger partial charge in [0.2, 0.25) is 11.8 Å². The zero-order chi connectivity index (χ0) is 18.1. The van der Waals surface area contributed by atoms with Gasteiger partial charge in [-0.2, -0.15) is 0 Å². The summed E-state index contributed by atoms with van der Waals surface area (Å²) >= 11 is 0. The van der Waals surface area contributed by atoms with Crippen molar-refractivity contribution in [1.82, 2.24) is 20.1 Å². The first kappa shape index (κ1) is 17.1. The van der Waals surface area contributed by atoms with E-state index in [2.05, 4.69) is 28.3 Å². The molecule has 2 fully saturated rings. The molecule has 4 rings (SSSR count). The van der Waals surface area contributed by atoms with Gasteiger partial charge in [-0.3, -0.25) is 14.5 Å². The summed E-state index contributed by atoms with van der Waals surface area (Å²) in [6, 6.07) is 8.09. The fourth-order valence-electron chi connectivity index (χ4n) is 4.36. The highest BCUT2D eigenvalue weighted by molar-refractivity contribution is 5.89. The van der Waals surface area contributed by atoms with Crippen LogP contribution in [0.25, 0.3) is 10.9 Å². The smallest absolute Gasteiger partial charge is 0.227 e. The van der Waals surface area contributed by atoms with Crippen LogP contribution in [0.2, 0.25) is 0 Å². The Morgan fingerprint density at radius 3 is 2.96 bits per heavy atom. The molecule has 2 aromatic rings. The number of nitrogens with one attached hydrogen (secondary N) is 2. The number of piperazine rings is 1. The number of hydrogen-bond acceptors (Lipinski definition) is 3. The van der Waals surface area contributed by atoms with E-state index in [1.807, 2.05) is 29.3 Å². The number of amides is 2. The van der Waals surface area contributed by atoms with Gasteiger partial charge in [-0.1, -0.05) is 18.2 Å². The molecule has 1 unspecified atom stereocenters. The molecule has 6 heteroatoms. The lowest BCUT2D eigenvalue weighted by atomic mass is 9.86. The van der Waals surface area contributed by atoms with Crippen molar-refractivity contribution in [3.63, 3.8) is 0 Å². The Morgan fingerprint density at radius 1 is 1.23 bits per heavy atom. The molecule has 2 N–H and O–H groups in total. The molecule has 1 aromatic heterocycles. The number of para-hydroxylation sites is 1. The molecule has 0 saturated carbocycles. The molecule has 1 spiro atoms. The van der Waals surface area contributed by atoms with Gasteiger partial charge in [0.15, 0.2) is 0 Å². The molecule has 0 aliphatic carbocycles. The number of likely N-dealkylation sites (N-methyl/N-ethyl adjacent to an activating group) is 1. The summed E-state index contributed by atoms with van der Waals surface area (Å²) in [7, 11) is 2.12. The van der Waals surface area contributed by atoms with E-state index in [9.17, 15) is 9.59 Å². The van der Waals surface area contributed by atoms with Crippen LogP contribution in [0, 0.1) is 0 Å². The van der Waals surface area contributed by atoms with Gasteiger partial charge in [0.05, 0.1) is 6.42 Å². The number of benzene rings is 1. The van der Waals surface area contributed by atoms with Crippen LogP contribution in [0.1, 0.15) is 24.8 Å². The lowest BCUT2D eigenvalue weighted by Gasteiger charge is -2.49. The maximum Gasteiger partial charge on any atom is 0.227 e. The molecular formula is C20H26N4O2. The van der Waals surface area contributed by atoms with E-state index in [0.717, 1.165) is 42.4 Å². The summed E-state index contributed by atoms with van der Waals surface area (Å²) in [5.41, 5.74) is 2.03. The van der Waals surface area contributed by atoms with Gasteiger partial charge >= 0.3 is 0 Å². The molecule has 2 saturated heterocycles. The van der Waals surface area contributed by atoms with Gasteiger partial charge in [-0.15, -0.1) is 0 Å². The van der Waals surface area contributed by atoms with E-state index in [1.54, 1.807) is 0 Å². The highest BCUT2D eigenvalue weighted by atomic mass is 16.2. The van der Waals surface area contributed by atoms with Crippen molar-refractivity contribution in [2.45, 2.75) is 31.2 Å². The number of H-pyrrole nitrogens is 1. The quantitative estimate of drug-likeness (QED) is 0.859. The van der Waals surface area contributed by atoms with Crippen molar-refractivity contribution in [3.8, 4) is 0 Å². The average molecular weight is 354 g/mol. The number of nitrogens with zero attached hydrogens (tertiary/aromatic N) is 2. The van der Waals surface area contributed by atoms with Crippen molar-refractivity contribution >= 4 is 22.7 Å². The van der Waals surface area contributed by atoms with E-state index in [0.29, 0.717) is 25.9 Å². The maximum absolute atomic E-state index is 13.0. The third-order valence-corrected chi connectivity index (χ3v) is 6.10. The summed E-state index contributed by atoms with van der Waals surface area (Å²) in [6.07, 6.45) is 4.61. The van der Waals surface area contributed by atoms with Crippen molar-refractivity contribution < 1.29 is 9.59 Å². The van der Waals surface area contributed by atoms with Gasteiger partial charge in [-0.05, 0) is 31.5 Å². The second-order valence-corrected chi connectivity index (χ2v) is 7.60. The van der Waals surface area contributed by atoms with Crippen LogP contribution in [0.3, 0.4) is 0 Å². The second kappa shape index (κ2) is 6.76. The van der Waals surface area contributed by atoms with Crippen LogP contribution >= 0.6 is 0 Å². The summed E-state index contributed by atoms with van der Waals surface area (Å²) in [4.78, 5) is 32.4. The van der Waals surface area contributed by atoms with Crippen LogP contribution < -0.4 is 5.32 Å². The summed E-state index contributed by atoms with van der Waals surface area (Å²) in [5.74, 6) is 0.295. The average Bonchev–Trinajstić information content (AvgIpc) is 2.95. The van der Waals surface area contributed by atoms with E-state index >= 15 is 0 Å². The van der Waals surface area contributed by atoms with Crippen LogP contribution in [-0.2, 0) is 16.0 Å². The highest BCUT2D eigenvalue weighted by Crippen LogP contribution is 2.31. The molecule has 26 heavy (non-hydrogen) atoms. The van der Waals surface area contributed by atoms with Crippen LogP contribution in [0.4, 0.5) is 0 Å². The Hall–Kier alpha value is -2.34. The maximum atomic E-state index is 13.0. The van der Waals surface area contributed by atoms with Gasteiger partial charge in [0.1, 0.15) is 0 Å². The number of rotatable bonds is 2. The molecule has 1 atom stereocenters. The topological polar surface area (TPSA) is 68.4 Å². The number of aromatic nitrogens is 1. The number of carbonyl (C=O) groups excluding carboxylic acids is 2. The Labute approximate surface area is 153 Å². The number of aromatic amines is 1.